The number of anilines is 1. The van der Waals surface area contributed by atoms with Crippen LogP contribution in [-0.2, 0) is 14.4 Å². The summed E-state index contributed by atoms with van der Waals surface area (Å²) in [5.74, 6) is 1.75. The highest BCUT2D eigenvalue weighted by Crippen LogP contribution is 2.65. The zero-order chi connectivity index (χ0) is 21.4. The first-order chi connectivity index (χ1) is 15.0. The van der Waals surface area contributed by atoms with E-state index in [1.54, 1.807) is 4.90 Å². The Morgan fingerprint density at radius 1 is 0.903 bits per heavy atom. The fourth-order valence-electron chi connectivity index (χ4n) is 7.17. The molecule has 3 saturated carbocycles. The highest BCUT2D eigenvalue weighted by atomic mass is 16.2. The molecule has 6 aliphatic rings. The van der Waals surface area contributed by atoms with Gasteiger partial charge in [-0.05, 0) is 80.8 Å². The summed E-state index contributed by atoms with van der Waals surface area (Å²) < 4.78 is 0. The van der Waals surface area contributed by atoms with Crippen LogP contribution >= 0.6 is 0 Å². The molecule has 0 spiro atoms. The largest absolute Gasteiger partial charge is 0.325 e. The van der Waals surface area contributed by atoms with Crippen LogP contribution < -0.4 is 5.32 Å². The summed E-state index contributed by atoms with van der Waals surface area (Å²) in [7, 11) is 0. The second-order valence-electron chi connectivity index (χ2n) is 10.5. The minimum Gasteiger partial charge on any atom is -0.325 e. The van der Waals surface area contributed by atoms with Crippen molar-refractivity contribution in [2.45, 2.75) is 52.0 Å². The van der Waals surface area contributed by atoms with E-state index in [1.807, 2.05) is 32.0 Å². The summed E-state index contributed by atoms with van der Waals surface area (Å²) in [6.45, 7) is 4.02. The first kappa shape index (κ1) is 19.3. The van der Waals surface area contributed by atoms with Gasteiger partial charge in [0.05, 0.1) is 11.8 Å². The summed E-state index contributed by atoms with van der Waals surface area (Å²) in [6.07, 6.45) is 8.56. The van der Waals surface area contributed by atoms with E-state index in [2.05, 4.69) is 17.5 Å². The van der Waals surface area contributed by atoms with Crippen molar-refractivity contribution < 1.29 is 14.4 Å². The number of allylic oxidation sites excluding steroid dienone is 2. The van der Waals surface area contributed by atoms with Gasteiger partial charge in [-0.25, -0.2) is 0 Å². The molecule has 1 aromatic rings. The van der Waals surface area contributed by atoms with Gasteiger partial charge in [-0.3, -0.25) is 19.3 Å². The Balaban J connectivity index is 1.12. The molecule has 0 unspecified atom stereocenters. The van der Waals surface area contributed by atoms with Gasteiger partial charge in [0.25, 0.3) is 0 Å². The molecule has 1 saturated heterocycles. The molecule has 31 heavy (non-hydrogen) atoms. The smallest absolute Gasteiger partial charge is 0.233 e. The predicted octanol–water partition coefficient (Wildman–Crippen LogP) is 3.85. The Morgan fingerprint density at radius 2 is 1.45 bits per heavy atom. The second-order valence-corrected chi connectivity index (χ2v) is 10.5. The molecule has 1 aromatic carbocycles. The molecule has 5 aliphatic carbocycles. The van der Waals surface area contributed by atoms with E-state index >= 15 is 0 Å². The number of hydrogen-bond donors (Lipinski definition) is 1. The van der Waals surface area contributed by atoms with Crippen LogP contribution in [-0.4, -0.2) is 28.7 Å². The molecule has 1 heterocycles. The van der Waals surface area contributed by atoms with E-state index in [1.165, 1.54) is 6.42 Å². The fourth-order valence-corrected chi connectivity index (χ4v) is 7.17. The molecular weight excluding hydrogens is 388 g/mol. The summed E-state index contributed by atoms with van der Waals surface area (Å²) in [6, 6.07) is 5.98. The molecule has 3 amide bonds. The number of benzene rings is 1. The van der Waals surface area contributed by atoms with Crippen LogP contribution in [0.4, 0.5) is 5.69 Å². The number of hydrogen-bond acceptors (Lipinski definition) is 3. The van der Waals surface area contributed by atoms with Crippen molar-refractivity contribution in [1.29, 1.82) is 0 Å². The van der Waals surface area contributed by atoms with Gasteiger partial charge in [0, 0.05) is 17.6 Å². The molecule has 5 nitrogen and oxygen atoms in total. The number of carbonyl (C=O) groups is 3. The lowest BCUT2D eigenvalue weighted by atomic mass is 9.63. The van der Waals surface area contributed by atoms with Gasteiger partial charge in [0.1, 0.15) is 0 Å². The lowest BCUT2D eigenvalue weighted by Crippen LogP contribution is -2.44. The number of carbonyl (C=O) groups excluding carboxylic acids is 3. The standard InChI is InChI=1S/C26H30N2O3/c1-13-4-3-5-14(2)23(13)27-24(29)15-6-8-16(9-7-15)28-25(30)21-17-10-11-18(20-12-19(17)20)22(21)26(28)31/h3-5,10-11,15-22H,6-9,12H2,1-2H3,(H,27,29)/t15?,16?,17-,18-,19-,20-,21+,22+/m0/s1. The van der Waals surface area contributed by atoms with Gasteiger partial charge in [-0.2, -0.15) is 0 Å². The van der Waals surface area contributed by atoms with Crippen LogP contribution in [0.2, 0.25) is 0 Å². The van der Waals surface area contributed by atoms with Crippen LogP contribution in [0.1, 0.15) is 43.2 Å². The van der Waals surface area contributed by atoms with Gasteiger partial charge in [-0.1, -0.05) is 30.4 Å². The monoisotopic (exact) mass is 418 g/mol. The first-order valence-electron chi connectivity index (χ1n) is 11.9. The normalized spacial score (nSPS) is 40.0. The predicted molar refractivity (Wildman–Crippen MR) is 117 cm³/mol. The summed E-state index contributed by atoms with van der Waals surface area (Å²) in [5.41, 5.74) is 3.04. The number of rotatable bonds is 3. The topological polar surface area (TPSA) is 66.5 Å². The third-order valence-electron chi connectivity index (χ3n) is 8.86. The average Bonchev–Trinajstić information content (AvgIpc) is 3.54. The Morgan fingerprint density at radius 3 is 2.00 bits per heavy atom. The third kappa shape index (κ3) is 2.78. The lowest BCUT2D eigenvalue weighted by molar-refractivity contribution is -0.144. The Bertz CT molecular complexity index is 950. The van der Waals surface area contributed by atoms with Gasteiger partial charge in [-0.15, -0.1) is 0 Å². The Labute approximate surface area is 183 Å². The van der Waals surface area contributed by atoms with Gasteiger partial charge in [0.15, 0.2) is 0 Å². The molecule has 0 aromatic heterocycles. The summed E-state index contributed by atoms with van der Waals surface area (Å²) in [4.78, 5) is 41.2. The number of aryl methyl sites for hydroxylation is 2. The first-order valence-corrected chi connectivity index (χ1v) is 11.9. The molecule has 1 N–H and O–H groups in total. The third-order valence-corrected chi connectivity index (χ3v) is 8.86. The quantitative estimate of drug-likeness (QED) is 0.599. The highest BCUT2D eigenvalue weighted by molar-refractivity contribution is 6.06. The van der Waals surface area contributed by atoms with Crippen molar-refractivity contribution in [2.24, 2.45) is 41.4 Å². The number of nitrogens with zero attached hydrogens (tertiary/aromatic N) is 1. The van der Waals surface area contributed by atoms with Crippen molar-refractivity contribution in [3.05, 3.63) is 41.5 Å². The average molecular weight is 419 g/mol. The van der Waals surface area contributed by atoms with Gasteiger partial charge < -0.3 is 5.32 Å². The van der Waals surface area contributed by atoms with Crippen LogP contribution in [0.15, 0.2) is 30.4 Å². The maximum absolute atomic E-state index is 13.3. The maximum Gasteiger partial charge on any atom is 0.233 e. The Hall–Kier alpha value is -2.43. The summed E-state index contributed by atoms with van der Waals surface area (Å²) >= 11 is 0. The highest BCUT2D eigenvalue weighted by Gasteiger charge is 2.67. The molecule has 1 aliphatic heterocycles. The van der Waals surface area contributed by atoms with Crippen LogP contribution in [0.25, 0.3) is 0 Å². The number of amides is 3. The number of likely N-dealkylation sites (tertiary alicyclic amines) is 1. The SMILES string of the molecule is Cc1cccc(C)c1NC(=O)C1CCC(N2C(=O)[C@@H]3[C@H]4C=C[C@@H]([C@@H]5C[C@@H]45)[C@H]3C2=O)CC1. The number of para-hydroxylation sites is 1. The zero-order valence-corrected chi connectivity index (χ0v) is 18.2. The molecular formula is C26H30N2O3. The van der Waals surface area contributed by atoms with Gasteiger partial charge in [0.2, 0.25) is 17.7 Å². The maximum atomic E-state index is 13.3. The van der Waals surface area contributed by atoms with E-state index in [4.69, 9.17) is 0 Å². The van der Waals surface area contributed by atoms with Crippen molar-refractivity contribution in [3.8, 4) is 0 Å². The van der Waals surface area contributed by atoms with Crippen molar-refractivity contribution >= 4 is 23.4 Å². The number of imide groups is 1. The molecule has 162 valence electrons. The van der Waals surface area contributed by atoms with E-state index in [9.17, 15) is 14.4 Å². The minimum absolute atomic E-state index is 0.0365. The zero-order valence-electron chi connectivity index (χ0n) is 18.2. The second kappa shape index (κ2) is 6.78. The van der Waals surface area contributed by atoms with E-state index in [0.29, 0.717) is 11.8 Å². The summed E-state index contributed by atoms with van der Waals surface area (Å²) in [5, 5.41) is 3.13. The molecule has 7 rings (SSSR count). The van der Waals surface area contributed by atoms with E-state index in [-0.39, 0.29) is 53.4 Å². The van der Waals surface area contributed by atoms with Crippen LogP contribution in [0, 0.1) is 55.3 Å². The van der Waals surface area contributed by atoms with E-state index in [0.717, 1.165) is 42.5 Å². The van der Waals surface area contributed by atoms with E-state index < -0.39 is 0 Å². The molecule has 5 heteroatoms. The molecule has 4 fully saturated rings. The lowest BCUT2D eigenvalue weighted by Gasteiger charge is -2.37. The van der Waals surface area contributed by atoms with Crippen LogP contribution in [0.3, 0.4) is 0 Å². The van der Waals surface area contributed by atoms with Gasteiger partial charge >= 0.3 is 0 Å². The minimum atomic E-state index is -0.115. The van der Waals surface area contributed by atoms with Crippen molar-refractivity contribution in [1.82, 2.24) is 4.90 Å². The Kier molecular flexibility index (Phi) is 4.22. The van der Waals surface area contributed by atoms with Crippen LogP contribution in [0.5, 0.6) is 0 Å². The number of nitrogens with one attached hydrogen (secondary N) is 1. The molecule has 0 radical (unpaired) electrons. The fraction of sp³-hybridized carbons (Fsp3) is 0.577. The van der Waals surface area contributed by atoms with Crippen molar-refractivity contribution in [2.75, 3.05) is 5.32 Å². The van der Waals surface area contributed by atoms with Crippen molar-refractivity contribution in [3.63, 3.8) is 0 Å². The molecule has 2 bridgehead atoms. The molecule has 6 atom stereocenters.